The van der Waals surface area contributed by atoms with Gasteiger partial charge in [0, 0.05) is 12.0 Å². The minimum atomic E-state index is 0.00447. The first kappa shape index (κ1) is 16.0. The molecule has 4 nitrogen and oxygen atoms in total. The number of aromatic nitrogens is 2. The Kier molecular flexibility index (Phi) is 4.47. The molecule has 0 atom stereocenters. The van der Waals surface area contributed by atoms with Crippen LogP contribution in [-0.2, 0) is 6.42 Å². The summed E-state index contributed by atoms with van der Waals surface area (Å²) in [6.45, 7) is 4.30. The lowest BCUT2D eigenvalue weighted by Crippen LogP contribution is -2.04. The summed E-state index contributed by atoms with van der Waals surface area (Å²) in [6, 6.07) is 16.6. The van der Waals surface area contributed by atoms with Gasteiger partial charge in [0.25, 0.3) is 0 Å². The topological polar surface area (TPSA) is 66.0 Å². The molecule has 4 heteroatoms. The Labute approximate surface area is 141 Å². The molecule has 3 aromatic rings. The molecule has 0 bridgehead atoms. The maximum Gasteiger partial charge on any atom is 0.184 e. The molecule has 1 aromatic heterocycles. The van der Waals surface area contributed by atoms with Crippen LogP contribution < -0.4 is 0 Å². The van der Waals surface area contributed by atoms with Gasteiger partial charge in [-0.2, -0.15) is 5.10 Å². The van der Waals surface area contributed by atoms with E-state index in [-0.39, 0.29) is 11.5 Å². The van der Waals surface area contributed by atoms with Crippen LogP contribution in [0, 0.1) is 0 Å². The Morgan fingerprint density at radius 2 is 1.75 bits per heavy atom. The van der Waals surface area contributed by atoms with Crippen molar-refractivity contribution in [2.45, 2.75) is 26.2 Å². The largest absolute Gasteiger partial charge is 0.508 e. The number of Topliss-reactive ketones (excluding diaryl/α,β-unsaturated/α-hetero) is 1. The smallest absolute Gasteiger partial charge is 0.184 e. The molecule has 0 unspecified atom stereocenters. The number of aromatic amines is 1. The van der Waals surface area contributed by atoms with Crippen molar-refractivity contribution in [2.75, 3.05) is 0 Å². The van der Waals surface area contributed by atoms with Gasteiger partial charge in [-0.05, 0) is 47.4 Å². The first-order valence-electron chi connectivity index (χ1n) is 8.00. The standard InChI is InChI=1S/C20H20N2O2/c1-13(2)15-5-3-14(4-6-15)11-20(24)19-12-18(21-22-19)16-7-9-17(23)10-8-16/h3-10,12-13,23H,11H2,1-2H3,(H,21,22). The molecule has 0 saturated carbocycles. The molecule has 3 rings (SSSR count). The summed E-state index contributed by atoms with van der Waals surface area (Å²) < 4.78 is 0. The lowest BCUT2D eigenvalue weighted by Gasteiger charge is -2.06. The number of carbonyl (C=O) groups is 1. The Morgan fingerprint density at radius 3 is 2.38 bits per heavy atom. The SMILES string of the molecule is CC(C)c1ccc(CC(=O)c2cc(-c3ccc(O)cc3)n[nH]2)cc1. The Balaban J connectivity index is 1.72. The van der Waals surface area contributed by atoms with E-state index < -0.39 is 0 Å². The zero-order valence-electron chi connectivity index (χ0n) is 13.8. The van der Waals surface area contributed by atoms with Crippen molar-refractivity contribution in [3.05, 3.63) is 71.4 Å². The van der Waals surface area contributed by atoms with Gasteiger partial charge in [0.05, 0.1) is 5.69 Å². The number of hydrogen-bond donors (Lipinski definition) is 2. The summed E-state index contributed by atoms with van der Waals surface area (Å²) in [5, 5.41) is 16.3. The van der Waals surface area contributed by atoms with Crippen molar-refractivity contribution in [1.82, 2.24) is 10.2 Å². The number of aromatic hydroxyl groups is 1. The van der Waals surface area contributed by atoms with Crippen LogP contribution in [0.5, 0.6) is 5.75 Å². The average Bonchev–Trinajstić information content (AvgIpc) is 3.06. The third-order valence-corrected chi connectivity index (χ3v) is 4.05. The van der Waals surface area contributed by atoms with Crippen LogP contribution in [0.2, 0.25) is 0 Å². The number of phenols is 1. The molecule has 2 N–H and O–H groups in total. The number of H-pyrrole nitrogens is 1. The monoisotopic (exact) mass is 320 g/mol. The normalized spacial score (nSPS) is 11.0. The van der Waals surface area contributed by atoms with E-state index in [9.17, 15) is 9.90 Å². The maximum atomic E-state index is 12.4. The fourth-order valence-corrected chi connectivity index (χ4v) is 2.55. The minimum absolute atomic E-state index is 0.00447. The summed E-state index contributed by atoms with van der Waals surface area (Å²) in [5.41, 5.74) is 4.29. The van der Waals surface area contributed by atoms with Crippen molar-refractivity contribution >= 4 is 5.78 Å². The molecule has 0 amide bonds. The fraction of sp³-hybridized carbons (Fsp3) is 0.200. The molecule has 0 saturated heterocycles. The lowest BCUT2D eigenvalue weighted by molar-refractivity contribution is 0.0988. The number of rotatable bonds is 5. The molecule has 2 aromatic carbocycles. The van der Waals surface area contributed by atoms with Crippen molar-refractivity contribution in [2.24, 2.45) is 0 Å². The molecule has 0 radical (unpaired) electrons. The highest BCUT2D eigenvalue weighted by Crippen LogP contribution is 2.21. The second-order valence-electron chi connectivity index (χ2n) is 6.21. The van der Waals surface area contributed by atoms with Crippen molar-refractivity contribution in [1.29, 1.82) is 0 Å². The summed E-state index contributed by atoms with van der Waals surface area (Å²) in [6.07, 6.45) is 0.343. The third-order valence-electron chi connectivity index (χ3n) is 4.05. The zero-order valence-corrected chi connectivity index (χ0v) is 13.8. The minimum Gasteiger partial charge on any atom is -0.508 e. The molecule has 0 aliphatic carbocycles. The number of nitrogens with one attached hydrogen (secondary N) is 1. The molecular weight excluding hydrogens is 300 g/mol. The molecule has 24 heavy (non-hydrogen) atoms. The first-order valence-corrected chi connectivity index (χ1v) is 8.00. The van der Waals surface area contributed by atoms with E-state index in [2.05, 4.69) is 36.2 Å². The van der Waals surface area contributed by atoms with Gasteiger partial charge < -0.3 is 5.11 Å². The molecular formula is C20H20N2O2. The predicted molar refractivity (Wildman–Crippen MR) is 94.3 cm³/mol. The van der Waals surface area contributed by atoms with Gasteiger partial charge in [0.1, 0.15) is 11.4 Å². The number of hydrogen-bond acceptors (Lipinski definition) is 3. The summed E-state index contributed by atoms with van der Waals surface area (Å²) in [7, 11) is 0. The van der Waals surface area contributed by atoms with E-state index in [4.69, 9.17) is 0 Å². The van der Waals surface area contributed by atoms with Gasteiger partial charge >= 0.3 is 0 Å². The van der Waals surface area contributed by atoms with Crippen LogP contribution in [0.1, 0.15) is 41.4 Å². The van der Waals surface area contributed by atoms with Gasteiger partial charge in [-0.3, -0.25) is 9.89 Å². The molecule has 0 aliphatic heterocycles. The van der Waals surface area contributed by atoms with Crippen LogP contribution >= 0.6 is 0 Å². The van der Waals surface area contributed by atoms with E-state index in [0.29, 0.717) is 23.7 Å². The molecule has 0 spiro atoms. The van der Waals surface area contributed by atoms with E-state index >= 15 is 0 Å². The third kappa shape index (κ3) is 3.54. The highest BCUT2D eigenvalue weighted by atomic mass is 16.3. The zero-order chi connectivity index (χ0) is 17.1. The Hall–Kier alpha value is -2.88. The second kappa shape index (κ2) is 6.71. The Bertz CT molecular complexity index is 831. The number of nitrogens with zero attached hydrogens (tertiary/aromatic N) is 1. The van der Waals surface area contributed by atoms with Crippen LogP contribution in [-0.4, -0.2) is 21.1 Å². The van der Waals surface area contributed by atoms with E-state index in [0.717, 1.165) is 11.1 Å². The number of carbonyl (C=O) groups excluding carboxylic acids is 1. The van der Waals surface area contributed by atoms with Gasteiger partial charge in [-0.15, -0.1) is 0 Å². The van der Waals surface area contributed by atoms with E-state index in [1.54, 1.807) is 30.3 Å². The second-order valence-corrected chi connectivity index (χ2v) is 6.21. The van der Waals surface area contributed by atoms with E-state index in [1.165, 1.54) is 5.56 Å². The van der Waals surface area contributed by atoms with Gasteiger partial charge in [0.15, 0.2) is 5.78 Å². The first-order chi connectivity index (χ1) is 11.5. The van der Waals surface area contributed by atoms with Gasteiger partial charge in [-0.1, -0.05) is 38.1 Å². The van der Waals surface area contributed by atoms with Crippen molar-refractivity contribution in [3.63, 3.8) is 0 Å². The van der Waals surface area contributed by atoms with Crippen LogP contribution in [0.4, 0.5) is 0 Å². The number of benzene rings is 2. The maximum absolute atomic E-state index is 12.4. The summed E-state index contributed by atoms with van der Waals surface area (Å²) in [5.74, 6) is 0.690. The van der Waals surface area contributed by atoms with Crippen LogP contribution in [0.3, 0.4) is 0 Å². The van der Waals surface area contributed by atoms with Crippen LogP contribution in [0.15, 0.2) is 54.6 Å². The average molecular weight is 320 g/mol. The van der Waals surface area contributed by atoms with Crippen molar-refractivity contribution < 1.29 is 9.90 Å². The fourth-order valence-electron chi connectivity index (χ4n) is 2.55. The number of phenolic OH excluding ortho intramolecular Hbond substituents is 1. The number of ketones is 1. The predicted octanol–water partition coefficient (Wildman–Crippen LogP) is 4.33. The highest BCUT2D eigenvalue weighted by molar-refractivity contribution is 5.96. The highest BCUT2D eigenvalue weighted by Gasteiger charge is 2.12. The van der Waals surface area contributed by atoms with Gasteiger partial charge in [0.2, 0.25) is 0 Å². The summed E-state index contributed by atoms with van der Waals surface area (Å²) >= 11 is 0. The van der Waals surface area contributed by atoms with E-state index in [1.807, 2.05) is 12.1 Å². The molecule has 1 heterocycles. The Morgan fingerprint density at radius 1 is 1.08 bits per heavy atom. The van der Waals surface area contributed by atoms with Crippen molar-refractivity contribution in [3.8, 4) is 17.0 Å². The molecule has 0 fully saturated rings. The lowest BCUT2D eigenvalue weighted by atomic mass is 9.99. The molecule has 122 valence electrons. The molecule has 0 aliphatic rings. The summed E-state index contributed by atoms with van der Waals surface area (Å²) in [4.78, 5) is 12.4. The van der Waals surface area contributed by atoms with Crippen LogP contribution in [0.25, 0.3) is 11.3 Å². The van der Waals surface area contributed by atoms with Gasteiger partial charge in [-0.25, -0.2) is 0 Å². The quantitative estimate of drug-likeness (QED) is 0.688.